The average Bonchev–Trinajstić information content (AvgIpc) is 2.58. The van der Waals surface area contributed by atoms with Crippen LogP contribution in [0, 0.1) is 0 Å². The van der Waals surface area contributed by atoms with Gasteiger partial charge in [-0.3, -0.25) is 23.6 Å². The van der Waals surface area contributed by atoms with Gasteiger partial charge in [-0.1, -0.05) is 12.1 Å². The summed E-state index contributed by atoms with van der Waals surface area (Å²) < 4.78 is 22.1. The van der Waals surface area contributed by atoms with Crippen molar-refractivity contribution in [1.29, 1.82) is 0 Å². The van der Waals surface area contributed by atoms with Gasteiger partial charge in [-0.2, -0.15) is 0 Å². The first-order valence-electron chi connectivity index (χ1n) is 8.23. The van der Waals surface area contributed by atoms with Crippen LogP contribution < -0.4 is 5.32 Å². The number of nitrogens with zero attached hydrogens (tertiary/aromatic N) is 1. The quantitative estimate of drug-likeness (QED) is 0.322. The monoisotopic (exact) mass is 428 g/mol. The molecule has 0 aliphatic carbocycles. The van der Waals surface area contributed by atoms with E-state index in [0.717, 1.165) is 4.90 Å². The van der Waals surface area contributed by atoms with Crippen molar-refractivity contribution >= 4 is 43.5 Å². The van der Waals surface area contributed by atoms with E-state index < -0.39 is 39.7 Å². The van der Waals surface area contributed by atoms with Crippen molar-refractivity contribution in [2.45, 2.75) is 0 Å². The minimum atomic E-state index is -4.38. The molecule has 12 heteroatoms. The first-order valence-corrected chi connectivity index (χ1v) is 11.8. The molecule has 10 nitrogen and oxygen atoms in total. The third kappa shape index (κ3) is 4.33. The van der Waals surface area contributed by atoms with Crippen molar-refractivity contribution in [2.75, 3.05) is 30.7 Å². The minimum Gasteiger partial charge on any atom is -0.384 e. The SMILES string of the molecule is O=C1c2cccc3c(NCCP(=O)(O)O)ccc(c23)C(=O)N1CCP(=O)(O)O. The smallest absolute Gasteiger partial charge is 0.327 e. The first-order chi connectivity index (χ1) is 13.0. The Hall–Kier alpha value is -2.06. The maximum Gasteiger partial charge on any atom is 0.327 e. The number of imide groups is 1. The summed E-state index contributed by atoms with van der Waals surface area (Å²) in [7, 11) is -8.55. The summed E-state index contributed by atoms with van der Waals surface area (Å²) in [4.78, 5) is 62.3. The molecule has 3 rings (SSSR count). The largest absolute Gasteiger partial charge is 0.384 e. The average molecular weight is 428 g/mol. The van der Waals surface area contributed by atoms with Gasteiger partial charge in [-0.05, 0) is 18.2 Å². The van der Waals surface area contributed by atoms with Crippen LogP contribution in [0.5, 0.6) is 0 Å². The maximum absolute atomic E-state index is 12.7. The first kappa shape index (κ1) is 20.7. The van der Waals surface area contributed by atoms with Gasteiger partial charge in [0.25, 0.3) is 11.8 Å². The normalized spacial score (nSPS) is 14.6. The van der Waals surface area contributed by atoms with Crippen LogP contribution >= 0.6 is 15.2 Å². The predicted molar refractivity (Wildman–Crippen MR) is 102 cm³/mol. The van der Waals surface area contributed by atoms with Gasteiger partial charge in [0, 0.05) is 40.7 Å². The van der Waals surface area contributed by atoms with Crippen LogP contribution in [0.3, 0.4) is 0 Å². The molecular formula is C16H18N2O8P2. The van der Waals surface area contributed by atoms with Gasteiger partial charge in [-0.25, -0.2) is 0 Å². The highest BCUT2D eigenvalue weighted by Crippen LogP contribution is 2.38. The van der Waals surface area contributed by atoms with Gasteiger partial charge >= 0.3 is 15.2 Å². The van der Waals surface area contributed by atoms with Crippen molar-refractivity contribution in [3.8, 4) is 0 Å². The van der Waals surface area contributed by atoms with E-state index in [9.17, 15) is 18.7 Å². The number of hydrogen-bond acceptors (Lipinski definition) is 5. The van der Waals surface area contributed by atoms with Gasteiger partial charge in [0.2, 0.25) is 0 Å². The van der Waals surface area contributed by atoms with Gasteiger partial charge < -0.3 is 24.9 Å². The van der Waals surface area contributed by atoms with Crippen LogP contribution in [-0.4, -0.2) is 61.7 Å². The van der Waals surface area contributed by atoms with Crippen molar-refractivity contribution in [1.82, 2.24) is 4.90 Å². The second kappa shape index (κ2) is 7.40. The third-order valence-electron chi connectivity index (χ3n) is 4.33. The standard InChI is InChI=1S/C16H18N2O8P2/c19-15-11-3-1-2-10-13(17-6-8-27(21,22)23)5-4-12(14(10)11)16(20)18(15)7-9-28(24,25)26/h1-5,17H,6-9H2,(H2,21,22,23)(H2,24,25,26). The molecule has 0 radical (unpaired) electrons. The molecule has 0 aromatic heterocycles. The van der Waals surface area contributed by atoms with E-state index in [-0.39, 0.29) is 23.8 Å². The molecule has 150 valence electrons. The fourth-order valence-corrected chi connectivity index (χ4v) is 3.93. The highest BCUT2D eigenvalue weighted by molar-refractivity contribution is 7.52. The van der Waals surface area contributed by atoms with Crippen LogP contribution in [0.25, 0.3) is 10.8 Å². The zero-order valence-electron chi connectivity index (χ0n) is 14.5. The fourth-order valence-electron chi connectivity index (χ4n) is 3.07. The summed E-state index contributed by atoms with van der Waals surface area (Å²) in [6.07, 6.45) is -0.998. The number of hydrogen-bond donors (Lipinski definition) is 5. The van der Waals surface area contributed by atoms with Crippen LogP contribution in [0.15, 0.2) is 30.3 Å². The Morgan fingerprint density at radius 2 is 1.46 bits per heavy atom. The van der Waals surface area contributed by atoms with Gasteiger partial charge in [0.15, 0.2) is 0 Å². The molecule has 5 N–H and O–H groups in total. The molecule has 0 bridgehead atoms. The molecule has 1 aliphatic heterocycles. The molecule has 0 atom stereocenters. The summed E-state index contributed by atoms with van der Waals surface area (Å²) >= 11 is 0. The van der Waals surface area contributed by atoms with Gasteiger partial charge in [0.1, 0.15) is 0 Å². The Kier molecular flexibility index (Phi) is 5.46. The number of nitrogens with one attached hydrogen (secondary N) is 1. The molecule has 1 heterocycles. The maximum atomic E-state index is 12.7. The van der Waals surface area contributed by atoms with Crippen molar-refractivity contribution in [2.24, 2.45) is 0 Å². The minimum absolute atomic E-state index is 0.000739. The Bertz CT molecular complexity index is 1040. The topological polar surface area (TPSA) is 164 Å². The lowest BCUT2D eigenvalue weighted by atomic mass is 9.93. The molecule has 1 aliphatic rings. The van der Waals surface area contributed by atoms with Crippen LogP contribution in [0.1, 0.15) is 20.7 Å². The third-order valence-corrected chi connectivity index (χ3v) is 5.91. The summed E-state index contributed by atoms with van der Waals surface area (Å²) in [6, 6.07) is 7.84. The summed E-state index contributed by atoms with van der Waals surface area (Å²) in [5.41, 5.74) is 0.950. The van der Waals surface area contributed by atoms with E-state index in [1.165, 1.54) is 12.1 Å². The number of benzene rings is 2. The molecule has 0 spiro atoms. The van der Waals surface area contributed by atoms with E-state index in [1.807, 2.05) is 0 Å². The van der Waals surface area contributed by atoms with Crippen molar-refractivity contribution in [3.05, 3.63) is 41.5 Å². The van der Waals surface area contributed by atoms with E-state index in [0.29, 0.717) is 16.5 Å². The Balaban J connectivity index is 1.97. The molecule has 0 saturated carbocycles. The number of rotatable bonds is 7. The molecule has 0 fully saturated rings. The molecule has 0 unspecified atom stereocenters. The lowest BCUT2D eigenvalue weighted by molar-refractivity contribution is 0.0619. The van der Waals surface area contributed by atoms with E-state index in [4.69, 9.17) is 19.6 Å². The second-order valence-electron chi connectivity index (χ2n) is 6.35. The van der Waals surface area contributed by atoms with Crippen LogP contribution in [-0.2, 0) is 9.13 Å². The number of carbonyl (C=O) groups is 2. The number of anilines is 1. The summed E-state index contributed by atoms with van der Waals surface area (Å²) in [5.74, 6) is -1.30. The molecule has 2 aromatic carbocycles. The molecule has 28 heavy (non-hydrogen) atoms. The molecular weight excluding hydrogens is 410 g/mol. The molecule has 0 saturated heterocycles. The van der Waals surface area contributed by atoms with Gasteiger partial charge in [-0.15, -0.1) is 0 Å². The van der Waals surface area contributed by atoms with Crippen molar-refractivity contribution in [3.63, 3.8) is 0 Å². The zero-order chi connectivity index (χ0) is 20.7. The van der Waals surface area contributed by atoms with E-state index in [1.54, 1.807) is 18.2 Å². The lowest BCUT2D eigenvalue weighted by Crippen LogP contribution is -2.41. The Morgan fingerprint density at radius 3 is 2.07 bits per heavy atom. The Morgan fingerprint density at radius 1 is 0.857 bits per heavy atom. The van der Waals surface area contributed by atoms with Crippen LogP contribution in [0.4, 0.5) is 5.69 Å². The summed E-state index contributed by atoms with van der Waals surface area (Å²) in [6.45, 7) is -0.403. The highest BCUT2D eigenvalue weighted by atomic mass is 31.2. The zero-order valence-corrected chi connectivity index (χ0v) is 16.3. The van der Waals surface area contributed by atoms with Crippen molar-refractivity contribution < 1.29 is 38.3 Å². The van der Waals surface area contributed by atoms with E-state index >= 15 is 0 Å². The predicted octanol–water partition coefficient (Wildman–Crippen LogP) is 1.20. The number of amides is 2. The Labute approximate surface area is 159 Å². The summed E-state index contributed by atoms with van der Waals surface area (Å²) in [5, 5.41) is 3.83. The lowest BCUT2D eigenvalue weighted by Gasteiger charge is -2.28. The van der Waals surface area contributed by atoms with E-state index in [2.05, 4.69) is 5.32 Å². The molecule has 2 aromatic rings. The van der Waals surface area contributed by atoms with Crippen LogP contribution in [0.2, 0.25) is 0 Å². The molecule has 2 amide bonds. The highest BCUT2D eigenvalue weighted by Gasteiger charge is 2.34. The second-order valence-corrected chi connectivity index (χ2v) is 9.91. The fraction of sp³-hybridized carbons (Fsp3) is 0.250. The van der Waals surface area contributed by atoms with Gasteiger partial charge in [0.05, 0.1) is 12.3 Å². The number of carbonyl (C=O) groups excluding carboxylic acids is 2.